The second-order valence-electron chi connectivity index (χ2n) is 6.51. The van der Waals surface area contributed by atoms with E-state index in [9.17, 15) is 19.1 Å². The highest BCUT2D eigenvalue weighted by molar-refractivity contribution is 6.30. The summed E-state index contributed by atoms with van der Waals surface area (Å²) in [5, 5.41) is 14.9. The number of rotatable bonds is 6. The zero-order valence-corrected chi connectivity index (χ0v) is 14.2. The number of nitrogens with one attached hydrogen (secondary N) is 2. The third kappa shape index (κ3) is 7.43. The normalized spacial score (nSPS) is 12.6. The van der Waals surface area contributed by atoms with Crippen LogP contribution in [0.5, 0.6) is 0 Å². The smallest absolute Gasteiger partial charge is 0.239 e. The highest BCUT2D eigenvalue weighted by Crippen LogP contribution is 2.20. The molecule has 0 aliphatic heterocycles. The molecule has 0 saturated heterocycles. The maximum absolute atomic E-state index is 13.3. The van der Waals surface area contributed by atoms with Gasteiger partial charge in [-0.15, -0.1) is 0 Å². The van der Waals surface area contributed by atoms with Crippen LogP contribution in [0, 0.1) is 11.2 Å². The molecule has 1 unspecified atom stereocenters. The van der Waals surface area contributed by atoms with E-state index < -0.39 is 17.8 Å². The lowest BCUT2D eigenvalue weighted by atomic mass is 9.92. The number of carbonyl (C=O) groups excluding carboxylic acids is 2. The van der Waals surface area contributed by atoms with Crippen LogP contribution in [0.1, 0.15) is 38.9 Å². The molecular weight excluding hydrogens is 323 g/mol. The van der Waals surface area contributed by atoms with Gasteiger partial charge in [0.2, 0.25) is 11.8 Å². The molecule has 128 valence electrons. The second-order valence-corrected chi connectivity index (χ2v) is 6.91. The summed E-state index contributed by atoms with van der Waals surface area (Å²) in [5.41, 5.74) is 0.152. The highest BCUT2D eigenvalue weighted by Gasteiger charge is 2.17. The number of halogens is 2. The van der Waals surface area contributed by atoms with E-state index in [0.717, 1.165) is 6.07 Å². The van der Waals surface area contributed by atoms with Gasteiger partial charge >= 0.3 is 0 Å². The van der Waals surface area contributed by atoms with Gasteiger partial charge in [0.15, 0.2) is 0 Å². The SMILES string of the molecule is CC(C)(C)CC(=O)NCC(=O)NCC(O)c1ccc(Cl)c(F)c1. The summed E-state index contributed by atoms with van der Waals surface area (Å²) in [7, 11) is 0. The fourth-order valence-corrected chi connectivity index (χ4v) is 1.95. The van der Waals surface area contributed by atoms with Gasteiger partial charge in [-0.3, -0.25) is 9.59 Å². The number of aliphatic hydroxyl groups is 1. The Morgan fingerprint density at radius 2 is 1.91 bits per heavy atom. The third-order valence-corrected chi connectivity index (χ3v) is 3.26. The zero-order valence-electron chi connectivity index (χ0n) is 13.5. The van der Waals surface area contributed by atoms with Crippen molar-refractivity contribution in [2.75, 3.05) is 13.1 Å². The molecule has 2 amide bonds. The Kier molecular flexibility index (Phi) is 6.97. The Morgan fingerprint density at radius 3 is 2.48 bits per heavy atom. The first-order chi connectivity index (χ1) is 10.6. The van der Waals surface area contributed by atoms with E-state index in [4.69, 9.17) is 11.6 Å². The van der Waals surface area contributed by atoms with Crippen LogP contribution in [0.2, 0.25) is 5.02 Å². The summed E-state index contributed by atoms with van der Waals surface area (Å²) < 4.78 is 13.3. The summed E-state index contributed by atoms with van der Waals surface area (Å²) in [4.78, 5) is 23.2. The average molecular weight is 345 g/mol. The van der Waals surface area contributed by atoms with Crippen molar-refractivity contribution >= 4 is 23.4 Å². The summed E-state index contributed by atoms with van der Waals surface area (Å²) in [6.07, 6.45) is -0.747. The maximum Gasteiger partial charge on any atom is 0.239 e. The largest absolute Gasteiger partial charge is 0.387 e. The minimum atomic E-state index is -1.06. The molecular formula is C16H22ClFN2O3. The predicted molar refractivity (Wildman–Crippen MR) is 86.5 cm³/mol. The molecule has 1 aromatic rings. The van der Waals surface area contributed by atoms with Gasteiger partial charge in [-0.1, -0.05) is 38.4 Å². The molecule has 1 atom stereocenters. The standard InChI is InChI=1S/C16H22ClFN2O3/c1-16(2,3)7-14(22)20-9-15(23)19-8-13(21)10-4-5-11(17)12(18)6-10/h4-6,13,21H,7-9H2,1-3H3,(H,19,23)(H,20,22). The molecule has 0 aromatic heterocycles. The van der Waals surface area contributed by atoms with Crippen molar-refractivity contribution in [1.29, 1.82) is 0 Å². The first kappa shape index (κ1) is 19.4. The lowest BCUT2D eigenvalue weighted by Crippen LogP contribution is -2.39. The summed E-state index contributed by atoms with van der Waals surface area (Å²) in [6.45, 7) is 5.52. The molecule has 0 aliphatic carbocycles. The first-order valence-corrected chi connectivity index (χ1v) is 7.63. The maximum atomic E-state index is 13.3. The van der Waals surface area contributed by atoms with Crippen LogP contribution in [0.25, 0.3) is 0 Å². The van der Waals surface area contributed by atoms with Crippen molar-refractivity contribution in [2.45, 2.75) is 33.3 Å². The van der Waals surface area contributed by atoms with Crippen molar-refractivity contribution in [3.05, 3.63) is 34.6 Å². The molecule has 23 heavy (non-hydrogen) atoms. The van der Waals surface area contributed by atoms with Crippen LogP contribution in [0.15, 0.2) is 18.2 Å². The monoisotopic (exact) mass is 344 g/mol. The summed E-state index contributed by atoms with van der Waals surface area (Å²) in [6, 6.07) is 3.93. The highest BCUT2D eigenvalue weighted by atomic mass is 35.5. The van der Waals surface area contributed by atoms with Crippen molar-refractivity contribution in [2.24, 2.45) is 5.41 Å². The van der Waals surface area contributed by atoms with Crippen molar-refractivity contribution < 1.29 is 19.1 Å². The van der Waals surface area contributed by atoms with Crippen LogP contribution in [-0.4, -0.2) is 30.0 Å². The zero-order chi connectivity index (χ0) is 17.6. The van der Waals surface area contributed by atoms with Crippen molar-refractivity contribution in [3.63, 3.8) is 0 Å². The molecule has 5 nitrogen and oxygen atoms in total. The van der Waals surface area contributed by atoms with E-state index in [1.807, 2.05) is 20.8 Å². The van der Waals surface area contributed by atoms with Gasteiger partial charge in [0.1, 0.15) is 5.82 Å². The van der Waals surface area contributed by atoms with Crippen LogP contribution >= 0.6 is 11.6 Å². The molecule has 0 radical (unpaired) electrons. The molecule has 1 aromatic carbocycles. The molecule has 0 aliphatic rings. The molecule has 0 fully saturated rings. The quantitative estimate of drug-likeness (QED) is 0.740. The molecule has 0 saturated carbocycles. The molecule has 3 N–H and O–H groups in total. The fourth-order valence-electron chi connectivity index (χ4n) is 1.83. The Bertz CT molecular complexity index is 573. The topological polar surface area (TPSA) is 78.4 Å². The molecule has 7 heteroatoms. The predicted octanol–water partition coefficient (Wildman–Crippen LogP) is 2.18. The fraction of sp³-hybridized carbons (Fsp3) is 0.500. The van der Waals surface area contributed by atoms with E-state index in [2.05, 4.69) is 10.6 Å². The van der Waals surface area contributed by atoms with E-state index in [-0.39, 0.29) is 29.4 Å². The van der Waals surface area contributed by atoms with Gasteiger partial charge in [0.25, 0.3) is 0 Å². The first-order valence-electron chi connectivity index (χ1n) is 7.25. The van der Waals surface area contributed by atoms with Gasteiger partial charge in [-0.05, 0) is 23.1 Å². The Morgan fingerprint density at radius 1 is 1.26 bits per heavy atom. The number of hydrogen-bond acceptors (Lipinski definition) is 3. The van der Waals surface area contributed by atoms with Gasteiger partial charge in [-0.2, -0.15) is 0 Å². The molecule has 0 spiro atoms. The lowest BCUT2D eigenvalue weighted by Gasteiger charge is -2.17. The number of amides is 2. The van der Waals surface area contributed by atoms with E-state index in [0.29, 0.717) is 12.0 Å². The Hall–Kier alpha value is -1.66. The van der Waals surface area contributed by atoms with E-state index in [1.165, 1.54) is 12.1 Å². The molecule has 0 heterocycles. The van der Waals surface area contributed by atoms with Crippen LogP contribution in [0.4, 0.5) is 4.39 Å². The summed E-state index contributed by atoms with van der Waals surface area (Å²) in [5.74, 6) is -1.28. The Labute approximate surface area is 140 Å². The van der Waals surface area contributed by atoms with Gasteiger partial charge in [0, 0.05) is 13.0 Å². The van der Waals surface area contributed by atoms with Gasteiger partial charge < -0.3 is 15.7 Å². The number of hydrogen-bond donors (Lipinski definition) is 3. The number of aliphatic hydroxyl groups excluding tert-OH is 1. The van der Waals surface area contributed by atoms with Gasteiger partial charge in [-0.25, -0.2) is 4.39 Å². The Balaban J connectivity index is 2.38. The van der Waals surface area contributed by atoms with Gasteiger partial charge in [0.05, 0.1) is 17.7 Å². The summed E-state index contributed by atoms with van der Waals surface area (Å²) >= 11 is 5.56. The van der Waals surface area contributed by atoms with Crippen LogP contribution < -0.4 is 10.6 Å². The third-order valence-electron chi connectivity index (χ3n) is 2.96. The van der Waals surface area contributed by atoms with Crippen LogP contribution in [0.3, 0.4) is 0 Å². The lowest BCUT2D eigenvalue weighted by molar-refractivity contribution is -0.127. The number of carbonyl (C=O) groups is 2. The average Bonchev–Trinajstić information content (AvgIpc) is 2.43. The van der Waals surface area contributed by atoms with Crippen molar-refractivity contribution in [1.82, 2.24) is 10.6 Å². The van der Waals surface area contributed by atoms with Crippen molar-refractivity contribution in [3.8, 4) is 0 Å². The van der Waals surface area contributed by atoms with Crippen LogP contribution in [-0.2, 0) is 9.59 Å². The minimum absolute atomic E-state index is 0.0356. The molecule has 0 bridgehead atoms. The second kappa shape index (κ2) is 8.26. The number of benzene rings is 1. The van der Waals surface area contributed by atoms with E-state index in [1.54, 1.807) is 0 Å². The molecule has 1 rings (SSSR count). The minimum Gasteiger partial charge on any atom is -0.387 e. The van der Waals surface area contributed by atoms with E-state index >= 15 is 0 Å².